The standard InChI is InChI=1S/C18H24N4O3/c1-13-10-21(17(23)25-18(2,3)4)6-7-22(13)16-9-15(19-12-20-16)14-5-8-24-11-14/h5,8-9,11-13H,6-7,10H2,1-4H3/t13-/m1/s1. The molecule has 0 aliphatic carbocycles. The molecule has 1 atom stereocenters. The smallest absolute Gasteiger partial charge is 0.410 e. The summed E-state index contributed by atoms with van der Waals surface area (Å²) in [5.41, 5.74) is 1.26. The van der Waals surface area contributed by atoms with Gasteiger partial charge in [-0.15, -0.1) is 0 Å². The first-order chi connectivity index (χ1) is 11.8. The third-order valence-electron chi connectivity index (χ3n) is 4.04. The van der Waals surface area contributed by atoms with E-state index in [4.69, 9.17) is 9.15 Å². The predicted molar refractivity (Wildman–Crippen MR) is 94.3 cm³/mol. The molecule has 1 aliphatic rings. The number of anilines is 1. The van der Waals surface area contributed by atoms with Gasteiger partial charge < -0.3 is 19.0 Å². The van der Waals surface area contributed by atoms with Crippen LogP contribution in [0.5, 0.6) is 0 Å². The van der Waals surface area contributed by atoms with Gasteiger partial charge in [-0.2, -0.15) is 0 Å². The number of hydrogen-bond acceptors (Lipinski definition) is 6. The Hall–Kier alpha value is -2.57. The number of amides is 1. The molecule has 3 rings (SSSR count). The molecule has 0 spiro atoms. The van der Waals surface area contributed by atoms with Crippen molar-refractivity contribution in [3.63, 3.8) is 0 Å². The molecule has 1 aliphatic heterocycles. The van der Waals surface area contributed by atoms with Crippen LogP contribution in [0.3, 0.4) is 0 Å². The zero-order chi connectivity index (χ0) is 18.0. The lowest BCUT2D eigenvalue weighted by Crippen LogP contribution is -2.54. The topological polar surface area (TPSA) is 71.7 Å². The summed E-state index contributed by atoms with van der Waals surface area (Å²) >= 11 is 0. The molecule has 1 fully saturated rings. The molecule has 0 aromatic carbocycles. The zero-order valence-corrected chi connectivity index (χ0v) is 15.1. The van der Waals surface area contributed by atoms with Crippen molar-refractivity contribution in [3.8, 4) is 11.3 Å². The molecule has 0 radical (unpaired) electrons. The lowest BCUT2D eigenvalue weighted by atomic mass is 10.1. The van der Waals surface area contributed by atoms with Crippen molar-refractivity contribution in [3.05, 3.63) is 31.0 Å². The monoisotopic (exact) mass is 344 g/mol. The van der Waals surface area contributed by atoms with E-state index in [1.165, 1.54) is 0 Å². The van der Waals surface area contributed by atoms with Crippen LogP contribution < -0.4 is 4.90 Å². The average molecular weight is 344 g/mol. The Morgan fingerprint density at radius 1 is 1.32 bits per heavy atom. The maximum absolute atomic E-state index is 12.3. The summed E-state index contributed by atoms with van der Waals surface area (Å²) in [6.07, 6.45) is 4.58. The number of carbonyl (C=O) groups excluding carboxylic acids is 1. The average Bonchev–Trinajstić information content (AvgIpc) is 3.08. The second-order valence-corrected chi connectivity index (χ2v) is 7.24. The summed E-state index contributed by atoms with van der Waals surface area (Å²) < 4.78 is 10.6. The first kappa shape index (κ1) is 17.3. The van der Waals surface area contributed by atoms with Gasteiger partial charge in [-0.3, -0.25) is 0 Å². The second-order valence-electron chi connectivity index (χ2n) is 7.24. The van der Waals surface area contributed by atoms with Gasteiger partial charge in [0.15, 0.2) is 0 Å². The van der Waals surface area contributed by atoms with E-state index in [1.54, 1.807) is 23.8 Å². The molecule has 7 heteroatoms. The molecule has 25 heavy (non-hydrogen) atoms. The molecule has 134 valence electrons. The number of carbonyl (C=O) groups is 1. The molecule has 2 aromatic heterocycles. The molecule has 3 heterocycles. The first-order valence-electron chi connectivity index (χ1n) is 8.43. The molecule has 0 unspecified atom stereocenters. The fraction of sp³-hybridized carbons (Fsp3) is 0.500. The van der Waals surface area contributed by atoms with E-state index < -0.39 is 5.60 Å². The molecule has 1 saturated heterocycles. The molecular formula is C18H24N4O3. The van der Waals surface area contributed by atoms with Gasteiger partial charge >= 0.3 is 6.09 Å². The van der Waals surface area contributed by atoms with Crippen LogP contribution in [0.2, 0.25) is 0 Å². The van der Waals surface area contributed by atoms with Crippen LogP contribution in [-0.4, -0.2) is 52.2 Å². The van der Waals surface area contributed by atoms with Crippen LogP contribution in [0.4, 0.5) is 10.6 Å². The van der Waals surface area contributed by atoms with Gasteiger partial charge in [0.1, 0.15) is 17.7 Å². The number of hydrogen-bond donors (Lipinski definition) is 0. The van der Waals surface area contributed by atoms with Gasteiger partial charge in [0, 0.05) is 37.3 Å². The zero-order valence-electron chi connectivity index (χ0n) is 15.1. The Morgan fingerprint density at radius 3 is 2.76 bits per heavy atom. The van der Waals surface area contributed by atoms with Crippen LogP contribution >= 0.6 is 0 Å². The molecule has 0 bridgehead atoms. The van der Waals surface area contributed by atoms with Crippen molar-refractivity contribution in [2.75, 3.05) is 24.5 Å². The van der Waals surface area contributed by atoms with Crippen LogP contribution in [-0.2, 0) is 4.74 Å². The quantitative estimate of drug-likeness (QED) is 0.833. The molecule has 2 aromatic rings. The van der Waals surface area contributed by atoms with E-state index in [2.05, 4.69) is 21.8 Å². The van der Waals surface area contributed by atoms with Crippen molar-refractivity contribution < 1.29 is 13.9 Å². The van der Waals surface area contributed by atoms with Crippen molar-refractivity contribution in [2.45, 2.75) is 39.3 Å². The number of rotatable bonds is 2. The highest BCUT2D eigenvalue weighted by Crippen LogP contribution is 2.24. The fourth-order valence-corrected chi connectivity index (χ4v) is 2.86. The predicted octanol–water partition coefficient (Wildman–Crippen LogP) is 3.18. The van der Waals surface area contributed by atoms with E-state index >= 15 is 0 Å². The normalized spacial score (nSPS) is 18.3. The summed E-state index contributed by atoms with van der Waals surface area (Å²) in [5, 5.41) is 0. The van der Waals surface area contributed by atoms with E-state index in [9.17, 15) is 4.79 Å². The van der Waals surface area contributed by atoms with Crippen molar-refractivity contribution in [1.82, 2.24) is 14.9 Å². The van der Waals surface area contributed by atoms with Gasteiger partial charge in [-0.05, 0) is 33.8 Å². The van der Waals surface area contributed by atoms with Gasteiger partial charge in [0.25, 0.3) is 0 Å². The third kappa shape index (κ3) is 4.10. The molecule has 0 saturated carbocycles. The van der Waals surface area contributed by atoms with Crippen molar-refractivity contribution in [1.29, 1.82) is 0 Å². The fourth-order valence-electron chi connectivity index (χ4n) is 2.86. The lowest BCUT2D eigenvalue weighted by Gasteiger charge is -2.40. The molecular weight excluding hydrogens is 320 g/mol. The number of piperazine rings is 1. The SMILES string of the molecule is C[C@@H]1CN(C(=O)OC(C)(C)C)CCN1c1cc(-c2ccoc2)ncn1. The van der Waals surface area contributed by atoms with Crippen molar-refractivity contribution >= 4 is 11.9 Å². The first-order valence-corrected chi connectivity index (χ1v) is 8.43. The highest BCUT2D eigenvalue weighted by atomic mass is 16.6. The second kappa shape index (κ2) is 6.74. The van der Waals surface area contributed by atoms with Gasteiger partial charge in [-0.1, -0.05) is 0 Å². The summed E-state index contributed by atoms with van der Waals surface area (Å²) in [6.45, 7) is 9.61. The van der Waals surface area contributed by atoms with E-state index in [0.29, 0.717) is 19.6 Å². The summed E-state index contributed by atoms with van der Waals surface area (Å²) in [7, 11) is 0. The Bertz CT molecular complexity index is 724. The molecule has 7 nitrogen and oxygen atoms in total. The highest BCUT2D eigenvalue weighted by Gasteiger charge is 2.30. The number of nitrogens with zero attached hydrogens (tertiary/aromatic N) is 4. The van der Waals surface area contributed by atoms with Crippen LogP contribution in [0.15, 0.2) is 35.4 Å². The summed E-state index contributed by atoms with van der Waals surface area (Å²) in [6, 6.07) is 3.95. The number of furan rings is 1. The van der Waals surface area contributed by atoms with E-state index in [1.807, 2.05) is 32.9 Å². The largest absolute Gasteiger partial charge is 0.472 e. The van der Waals surface area contributed by atoms with Crippen LogP contribution in [0.1, 0.15) is 27.7 Å². The lowest BCUT2D eigenvalue weighted by molar-refractivity contribution is 0.0218. The maximum Gasteiger partial charge on any atom is 0.410 e. The minimum atomic E-state index is -0.483. The van der Waals surface area contributed by atoms with Crippen LogP contribution in [0, 0.1) is 0 Å². The molecule has 0 N–H and O–H groups in total. The van der Waals surface area contributed by atoms with Gasteiger partial charge in [0.2, 0.25) is 0 Å². The van der Waals surface area contributed by atoms with E-state index in [0.717, 1.165) is 17.1 Å². The van der Waals surface area contributed by atoms with Crippen LogP contribution in [0.25, 0.3) is 11.3 Å². The van der Waals surface area contributed by atoms with Crippen molar-refractivity contribution in [2.24, 2.45) is 0 Å². The van der Waals surface area contributed by atoms with E-state index in [-0.39, 0.29) is 12.1 Å². The third-order valence-corrected chi connectivity index (χ3v) is 4.04. The number of aromatic nitrogens is 2. The Morgan fingerprint density at radius 2 is 2.12 bits per heavy atom. The summed E-state index contributed by atoms with van der Waals surface area (Å²) in [5.74, 6) is 0.850. The van der Waals surface area contributed by atoms with Gasteiger partial charge in [0.05, 0.1) is 18.2 Å². The Labute approximate surface area is 147 Å². The minimum absolute atomic E-state index is 0.133. The number of ether oxygens (including phenoxy) is 1. The maximum atomic E-state index is 12.3. The Balaban J connectivity index is 1.70. The minimum Gasteiger partial charge on any atom is -0.472 e. The highest BCUT2D eigenvalue weighted by molar-refractivity contribution is 5.69. The Kier molecular flexibility index (Phi) is 4.65. The van der Waals surface area contributed by atoms with Gasteiger partial charge in [-0.25, -0.2) is 14.8 Å². The molecule has 1 amide bonds. The summed E-state index contributed by atoms with van der Waals surface area (Å²) in [4.78, 5) is 24.9.